The molecule has 0 aliphatic carbocycles. The van der Waals surface area contributed by atoms with Gasteiger partial charge in [0, 0.05) is 26.2 Å². The number of carbonyl (C=O) groups is 1. The Balaban J connectivity index is 1.88. The average molecular weight is 275 g/mol. The molecule has 0 aromatic heterocycles. The van der Waals surface area contributed by atoms with Crippen LogP contribution in [0.2, 0.25) is 0 Å². The Morgan fingerprint density at radius 1 is 1.35 bits per heavy atom. The number of amides is 1. The SMILES string of the molecule is NC(=O)C(c1ccc2c(c1)CCCO2)N1CCNCC1. The number of primary amides is 1. The summed E-state index contributed by atoms with van der Waals surface area (Å²) in [5.74, 6) is 0.673. The molecular formula is C15H21N3O2. The molecule has 3 N–H and O–H groups in total. The summed E-state index contributed by atoms with van der Waals surface area (Å²) in [5.41, 5.74) is 7.82. The first-order chi connectivity index (χ1) is 9.75. The minimum Gasteiger partial charge on any atom is -0.493 e. The molecule has 1 fully saturated rings. The maximum atomic E-state index is 11.9. The van der Waals surface area contributed by atoms with Gasteiger partial charge >= 0.3 is 0 Å². The first-order valence-electron chi connectivity index (χ1n) is 7.25. The first-order valence-corrected chi connectivity index (χ1v) is 7.25. The maximum absolute atomic E-state index is 11.9. The molecule has 2 aliphatic heterocycles. The third-order valence-electron chi connectivity index (χ3n) is 4.03. The average Bonchev–Trinajstić information content (AvgIpc) is 2.48. The van der Waals surface area contributed by atoms with E-state index in [1.807, 2.05) is 12.1 Å². The zero-order valence-corrected chi connectivity index (χ0v) is 11.6. The van der Waals surface area contributed by atoms with Crippen molar-refractivity contribution in [2.45, 2.75) is 18.9 Å². The fraction of sp³-hybridized carbons (Fsp3) is 0.533. The molecular weight excluding hydrogens is 254 g/mol. The molecule has 2 heterocycles. The van der Waals surface area contributed by atoms with E-state index in [1.165, 1.54) is 5.56 Å². The van der Waals surface area contributed by atoms with E-state index in [9.17, 15) is 4.79 Å². The molecule has 0 radical (unpaired) electrons. The van der Waals surface area contributed by atoms with Crippen LogP contribution in [0.4, 0.5) is 0 Å². The van der Waals surface area contributed by atoms with Crippen LogP contribution in [-0.2, 0) is 11.2 Å². The zero-order valence-electron chi connectivity index (χ0n) is 11.6. The Bertz CT molecular complexity index is 498. The number of ether oxygens (including phenoxy) is 1. The first kappa shape index (κ1) is 13.4. The van der Waals surface area contributed by atoms with Gasteiger partial charge in [-0.1, -0.05) is 12.1 Å². The van der Waals surface area contributed by atoms with Crippen molar-refractivity contribution in [3.8, 4) is 5.75 Å². The summed E-state index contributed by atoms with van der Waals surface area (Å²) in [6.45, 7) is 4.28. The number of hydrogen-bond donors (Lipinski definition) is 2. The molecule has 1 saturated heterocycles. The lowest BCUT2D eigenvalue weighted by Crippen LogP contribution is -2.48. The summed E-state index contributed by atoms with van der Waals surface area (Å²) >= 11 is 0. The molecule has 1 aromatic rings. The van der Waals surface area contributed by atoms with Crippen molar-refractivity contribution in [3.05, 3.63) is 29.3 Å². The van der Waals surface area contributed by atoms with Crippen molar-refractivity contribution < 1.29 is 9.53 Å². The van der Waals surface area contributed by atoms with Gasteiger partial charge < -0.3 is 15.8 Å². The van der Waals surface area contributed by atoms with Crippen LogP contribution in [0.3, 0.4) is 0 Å². The smallest absolute Gasteiger partial charge is 0.239 e. The molecule has 1 unspecified atom stereocenters. The highest BCUT2D eigenvalue weighted by Gasteiger charge is 2.27. The second-order valence-corrected chi connectivity index (χ2v) is 5.41. The zero-order chi connectivity index (χ0) is 13.9. The Labute approximate surface area is 119 Å². The van der Waals surface area contributed by atoms with E-state index < -0.39 is 0 Å². The van der Waals surface area contributed by atoms with E-state index in [2.05, 4.69) is 16.3 Å². The van der Waals surface area contributed by atoms with Gasteiger partial charge in [-0.2, -0.15) is 0 Å². The highest BCUT2D eigenvalue weighted by molar-refractivity contribution is 5.81. The number of rotatable bonds is 3. The van der Waals surface area contributed by atoms with E-state index in [-0.39, 0.29) is 11.9 Å². The molecule has 108 valence electrons. The summed E-state index contributed by atoms with van der Waals surface area (Å²) in [4.78, 5) is 14.1. The number of aryl methyl sites for hydroxylation is 1. The number of nitrogens with two attached hydrogens (primary N) is 1. The molecule has 0 bridgehead atoms. The molecule has 0 saturated carbocycles. The second kappa shape index (κ2) is 5.81. The third kappa shape index (κ3) is 2.64. The molecule has 0 spiro atoms. The van der Waals surface area contributed by atoms with Gasteiger partial charge in [-0.15, -0.1) is 0 Å². The summed E-state index contributed by atoms with van der Waals surface area (Å²) in [6, 6.07) is 5.71. The Morgan fingerprint density at radius 2 is 2.15 bits per heavy atom. The van der Waals surface area contributed by atoms with Gasteiger partial charge in [0.25, 0.3) is 0 Å². The summed E-state index contributed by atoms with van der Waals surface area (Å²) in [5, 5.41) is 3.30. The van der Waals surface area contributed by atoms with E-state index >= 15 is 0 Å². The van der Waals surface area contributed by atoms with E-state index in [0.717, 1.165) is 56.9 Å². The van der Waals surface area contributed by atoms with E-state index in [0.29, 0.717) is 0 Å². The lowest BCUT2D eigenvalue weighted by molar-refractivity contribution is -0.123. The van der Waals surface area contributed by atoms with Gasteiger partial charge in [-0.3, -0.25) is 9.69 Å². The summed E-state index contributed by atoms with van der Waals surface area (Å²) in [7, 11) is 0. The molecule has 5 heteroatoms. The molecule has 1 amide bonds. The van der Waals surface area contributed by atoms with Gasteiger partial charge in [0.15, 0.2) is 0 Å². The van der Waals surface area contributed by atoms with Crippen LogP contribution in [0.5, 0.6) is 5.75 Å². The van der Waals surface area contributed by atoms with Gasteiger partial charge in [-0.05, 0) is 30.0 Å². The number of hydrogen-bond acceptors (Lipinski definition) is 4. The molecule has 20 heavy (non-hydrogen) atoms. The highest BCUT2D eigenvalue weighted by atomic mass is 16.5. The van der Waals surface area contributed by atoms with Gasteiger partial charge in [0.2, 0.25) is 5.91 Å². The monoisotopic (exact) mass is 275 g/mol. The van der Waals surface area contributed by atoms with Crippen molar-refractivity contribution in [3.63, 3.8) is 0 Å². The van der Waals surface area contributed by atoms with Crippen LogP contribution in [0, 0.1) is 0 Å². The lowest BCUT2D eigenvalue weighted by atomic mass is 9.97. The molecule has 2 aliphatic rings. The Morgan fingerprint density at radius 3 is 2.90 bits per heavy atom. The van der Waals surface area contributed by atoms with Crippen molar-refractivity contribution in [1.82, 2.24) is 10.2 Å². The van der Waals surface area contributed by atoms with Crippen LogP contribution in [0.1, 0.15) is 23.6 Å². The second-order valence-electron chi connectivity index (χ2n) is 5.41. The van der Waals surface area contributed by atoms with Gasteiger partial charge in [0.05, 0.1) is 6.61 Å². The third-order valence-corrected chi connectivity index (χ3v) is 4.03. The molecule has 3 rings (SSSR count). The number of piperazine rings is 1. The quantitative estimate of drug-likeness (QED) is 0.840. The van der Waals surface area contributed by atoms with E-state index in [4.69, 9.17) is 10.5 Å². The van der Waals surface area contributed by atoms with Gasteiger partial charge in [-0.25, -0.2) is 0 Å². The molecule has 1 atom stereocenters. The predicted octanol–water partition coefficient (Wildman–Crippen LogP) is 0.443. The standard InChI is InChI=1S/C15H21N3O2/c16-15(19)14(18-7-5-17-6-8-18)12-3-4-13-11(10-12)2-1-9-20-13/h3-4,10,14,17H,1-2,5-9H2,(H2,16,19). The van der Waals surface area contributed by atoms with Crippen molar-refractivity contribution in [2.24, 2.45) is 5.73 Å². The number of benzene rings is 1. The Hall–Kier alpha value is -1.59. The van der Waals surface area contributed by atoms with Crippen LogP contribution < -0.4 is 15.8 Å². The fourth-order valence-electron chi connectivity index (χ4n) is 3.05. The summed E-state index contributed by atoms with van der Waals surface area (Å²) in [6.07, 6.45) is 2.04. The lowest BCUT2D eigenvalue weighted by Gasteiger charge is -2.33. The summed E-state index contributed by atoms with van der Waals surface area (Å²) < 4.78 is 5.62. The Kier molecular flexibility index (Phi) is 3.89. The van der Waals surface area contributed by atoms with Crippen LogP contribution in [-0.4, -0.2) is 43.6 Å². The number of fused-ring (bicyclic) bond motifs is 1. The predicted molar refractivity (Wildman–Crippen MR) is 76.6 cm³/mol. The molecule has 1 aromatic carbocycles. The van der Waals surface area contributed by atoms with Crippen molar-refractivity contribution >= 4 is 5.91 Å². The largest absolute Gasteiger partial charge is 0.493 e. The minimum absolute atomic E-state index is 0.274. The number of carbonyl (C=O) groups excluding carboxylic acids is 1. The maximum Gasteiger partial charge on any atom is 0.239 e. The normalized spacial score (nSPS) is 20.8. The highest BCUT2D eigenvalue weighted by Crippen LogP contribution is 2.30. The fourth-order valence-corrected chi connectivity index (χ4v) is 3.05. The van der Waals surface area contributed by atoms with E-state index in [1.54, 1.807) is 0 Å². The number of nitrogens with one attached hydrogen (secondary N) is 1. The van der Waals surface area contributed by atoms with Crippen molar-refractivity contribution in [1.29, 1.82) is 0 Å². The topological polar surface area (TPSA) is 67.6 Å². The van der Waals surface area contributed by atoms with Crippen LogP contribution in [0.25, 0.3) is 0 Å². The molecule has 5 nitrogen and oxygen atoms in total. The van der Waals surface area contributed by atoms with Crippen LogP contribution >= 0.6 is 0 Å². The minimum atomic E-state index is -0.329. The van der Waals surface area contributed by atoms with Gasteiger partial charge in [0.1, 0.15) is 11.8 Å². The van der Waals surface area contributed by atoms with Crippen molar-refractivity contribution in [2.75, 3.05) is 32.8 Å². The van der Waals surface area contributed by atoms with Crippen LogP contribution in [0.15, 0.2) is 18.2 Å². The number of nitrogens with zero attached hydrogens (tertiary/aromatic N) is 1.